The van der Waals surface area contributed by atoms with E-state index in [-0.39, 0.29) is 24.5 Å². The normalized spacial score (nSPS) is 15.3. The monoisotopic (exact) mass is 460 g/mol. The van der Waals surface area contributed by atoms with E-state index in [1.807, 2.05) is 66.7 Å². The van der Waals surface area contributed by atoms with Crippen molar-refractivity contribution in [2.75, 3.05) is 19.7 Å². The number of carbonyl (C=O) groups excluding carboxylic acids is 2. The van der Waals surface area contributed by atoms with Gasteiger partial charge in [-0.3, -0.25) is 9.59 Å². The van der Waals surface area contributed by atoms with E-state index in [1.165, 1.54) is 5.56 Å². The van der Waals surface area contributed by atoms with Crippen LogP contribution < -0.4 is 0 Å². The fourth-order valence-electron chi connectivity index (χ4n) is 4.21. The summed E-state index contributed by atoms with van der Waals surface area (Å²) in [5, 5.41) is 0. The molecule has 0 aliphatic carbocycles. The molecule has 3 aromatic rings. The molecule has 1 saturated heterocycles. The number of aryl methyl sites for hydroxylation is 1. The summed E-state index contributed by atoms with van der Waals surface area (Å²) < 4.78 is 11.3. The quantitative estimate of drug-likeness (QED) is 0.440. The van der Waals surface area contributed by atoms with Crippen LogP contribution in [0.1, 0.15) is 47.0 Å². The Hall–Kier alpha value is -3.38. The molecule has 1 atom stereocenters. The Labute approximate surface area is 201 Å². The second-order valence-electron chi connectivity index (χ2n) is 8.69. The van der Waals surface area contributed by atoms with Crippen LogP contribution in [-0.2, 0) is 29.0 Å². The first-order valence-electron chi connectivity index (χ1n) is 12.0. The van der Waals surface area contributed by atoms with Crippen molar-refractivity contribution >= 4 is 11.8 Å². The van der Waals surface area contributed by atoms with E-state index in [4.69, 9.17) is 9.15 Å². The molecule has 6 nitrogen and oxygen atoms in total. The molecule has 0 saturated carbocycles. The number of carbonyl (C=O) groups is 2. The number of hydrogen-bond donors (Lipinski definition) is 0. The second-order valence-corrected chi connectivity index (χ2v) is 8.69. The highest BCUT2D eigenvalue weighted by molar-refractivity contribution is 5.96. The van der Waals surface area contributed by atoms with Gasteiger partial charge in [0.05, 0.1) is 18.9 Å². The topological polar surface area (TPSA) is 63.0 Å². The predicted octanol–water partition coefficient (Wildman–Crippen LogP) is 4.69. The van der Waals surface area contributed by atoms with E-state index in [1.54, 1.807) is 16.1 Å². The molecule has 34 heavy (non-hydrogen) atoms. The van der Waals surface area contributed by atoms with Crippen LogP contribution in [0.4, 0.5) is 0 Å². The van der Waals surface area contributed by atoms with Crippen molar-refractivity contribution < 1.29 is 18.7 Å². The zero-order valence-electron chi connectivity index (χ0n) is 19.7. The van der Waals surface area contributed by atoms with Gasteiger partial charge in [0.2, 0.25) is 5.91 Å². The first-order chi connectivity index (χ1) is 16.6. The number of furan rings is 1. The maximum Gasteiger partial charge on any atom is 0.254 e. The third-order valence-electron chi connectivity index (χ3n) is 6.17. The van der Waals surface area contributed by atoms with Crippen LogP contribution in [0.3, 0.4) is 0 Å². The van der Waals surface area contributed by atoms with Crippen LogP contribution in [0.15, 0.2) is 77.4 Å². The zero-order valence-corrected chi connectivity index (χ0v) is 19.7. The van der Waals surface area contributed by atoms with Gasteiger partial charge < -0.3 is 19.0 Å². The summed E-state index contributed by atoms with van der Waals surface area (Å²) in [6, 6.07) is 21.2. The summed E-state index contributed by atoms with van der Waals surface area (Å²) in [6.07, 6.45) is 4.35. The first kappa shape index (κ1) is 23.8. The number of benzene rings is 2. The third-order valence-corrected chi connectivity index (χ3v) is 6.17. The highest BCUT2D eigenvalue weighted by Crippen LogP contribution is 2.17. The van der Waals surface area contributed by atoms with Crippen LogP contribution in [-0.4, -0.2) is 47.4 Å². The minimum atomic E-state index is -0.149. The second kappa shape index (κ2) is 11.7. The van der Waals surface area contributed by atoms with E-state index in [0.717, 1.165) is 24.8 Å². The molecule has 1 fully saturated rings. The van der Waals surface area contributed by atoms with Gasteiger partial charge in [-0.25, -0.2) is 0 Å². The van der Waals surface area contributed by atoms with Crippen molar-refractivity contribution in [3.63, 3.8) is 0 Å². The number of rotatable bonds is 10. The van der Waals surface area contributed by atoms with Crippen LogP contribution in [0.5, 0.6) is 0 Å². The van der Waals surface area contributed by atoms with Crippen molar-refractivity contribution in [1.29, 1.82) is 0 Å². The van der Waals surface area contributed by atoms with Gasteiger partial charge in [-0.05, 0) is 54.7 Å². The fourth-order valence-corrected chi connectivity index (χ4v) is 4.21. The summed E-state index contributed by atoms with van der Waals surface area (Å²) in [5.74, 6) is 0.428. The lowest BCUT2D eigenvalue weighted by atomic mass is 10.1. The van der Waals surface area contributed by atoms with Crippen molar-refractivity contribution in [2.24, 2.45) is 0 Å². The number of nitrogens with zero attached hydrogens (tertiary/aromatic N) is 2. The summed E-state index contributed by atoms with van der Waals surface area (Å²) in [7, 11) is 0. The average Bonchev–Trinajstić information content (AvgIpc) is 3.58. The van der Waals surface area contributed by atoms with Crippen molar-refractivity contribution in [3.8, 4) is 0 Å². The molecule has 1 aliphatic heterocycles. The van der Waals surface area contributed by atoms with E-state index in [9.17, 15) is 9.59 Å². The molecule has 2 amide bonds. The molecule has 6 heteroatoms. The van der Waals surface area contributed by atoms with Gasteiger partial charge in [0, 0.05) is 25.3 Å². The lowest BCUT2D eigenvalue weighted by molar-refractivity contribution is -0.133. The molecule has 0 spiro atoms. The van der Waals surface area contributed by atoms with Gasteiger partial charge in [-0.15, -0.1) is 0 Å². The molecule has 0 N–H and O–H groups in total. The molecule has 0 radical (unpaired) electrons. The summed E-state index contributed by atoms with van der Waals surface area (Å²) >= 11 is 0. The van der Waals surface area contributed by atoms with Gasteiger partial charge in [-0.2, -0.15) is 0 Å². The highest BCUT2D eigenvalue weighted by atomic mass is 16.5. The zero-order chi connectivity index (χ0) is 23.8. The van der Waals surface area contributed by atoms with Crippen LogP contribution in [0, 0.1) is 0 Å². The lowest BCUT2D eigenvalue weighted by Gasteiger charge is -2.29. The summed E-state index contributed by atoms with van der Waals surface area (Å²) in [5.41, 5.74) is 2.78. The maximum atomic E-state index is 13.5. The molecule has 178 valence electrons. The van der Waals surface area contributed by atoms with Crippen LogP contribution >= 0.6 is 0 Å². The molecular weight excluding hydrogens is 428 g/mol. The number of amides is 2. The minimum absolute atomic E-state index is 0.0121. The molecule has 1 aromatic heterocycles. The largest absolute Gasteiger partial charge is 0.467 e. The maximum absolute atomic E-state index is 13.5. The van der Waals surface area contributed by atoms with Crippen LogP contribution in [0.2, 0.25) is 0 Å². The van der Waals surface area contributed by atoms with Gasteiger partial charge in [0.1, 0.15) is 12.3 Å². The lowest BCUT2D eigenvalue weighted by Crippen LogP contribution is -2.45. The predicted molar refractivity (Wildman–Crippen MR) is 130 cm³/mol. The van der Waals surface area contributed by atoms with Gasteiger partial charge >= 0.3 is 0 Å². The highest BCUT2D eigenvalue weighted by Gasteiger charge is 2.27. The van der Waals surface area contributed by atoms with Crippen molar-refractivity contribution in [2.45, 2.75) is 45.4 Å². The SMILES string of the molecule is CCc1ccc(C(=O)N(CC(=O)N(Cc2ccccc2)Cc2ccco2)CC2CCCO2)cc1. The molecule has 4 rings (SSSR count). The Bertz CT molecular complexity index is 1040. The smallest absolute Gasteiger partial charge is 0.254 e. The van der Waals surface area contributed by atoms with E-state index in [2.05, 4.69) is 6.92 Å². The van der Waals surface area contributed by atoms with Crippen molar-refractivity contribution in [1.82, 2.24) is 9.80 Å². The standard InChI is InChI=1S/C28H32N2O4/c1-2-22-12-14-24(15-13-22)28(32)30(20-26-11-7-17-34-26)21-27(31)29(19-25-10-6-16-33-25)18-23-8-4-3-5-9-23/h3-6,8-10,12-16,26H,2,7,11,17-21H2,1H3. The molecule has 1 unspecified atom stereocenters. The first-order valence-corrected chi connectivity index (χ1v) is 12.0. The Morgan fingerprint density at radius 2 is 1.71 bits per heavy atom. The van der Waals surface area contributed by atoms with Gasteiger partial charge in [0.25, 0.3) is 5.91 Å². The summed E-state index contributed by atoms with van der Waals surface area (Å²) in [6.45, 7) is 3.95. The molecule has 0 bridgehead atoms. The number of ether oxygens (including phenoxy) is 1. The van der Waals surface area contributed by atoms with E-state index in [0.29, 0.717) is 37.6 Å². The Morgan fingerprint density at radius 3 is 2.35 bits per heavy atom. The van der Waals surface area contributed by atoms with E-state index >= 15 is 0 Å². The van der Waals surface area contributed by atoms with E-state index < -0.39 is 0 Å². The molecule has 2 aromatic carbocycles. The molecular formula is C28H32N2O4. The van der Waals surface area contributed by atoms with Gasteiger partial charge in [0.15, 0.2) is 0 Å². The molecule has 2 heterocycles. The van der Waals surface area contributed by atoms with Gasteiger partial charge in [-0.1, -0.05) is 49.4 Å². The summed E-state index contributed by atoms with van der Waals surface area (Å²) in [4.78, 5) is 30.4. The van der Waals surface area contributed by atoms with Crippen LogP contribution in [0.25, 0.3) is 0 Å². The molecule has 1 aliphatic rings. The minimum Gasteiger partial charge on any atom is -0.467 e. The van der Waals surface area contributed by atoms with Crippen molar-refractivity contribution in [3.05, 3.63) is 95.4 Å². The Balaban J connectivity index is 1.53. The number of hydrogen-bond acceptors (Lipinski definition) is 4. The fraction of sp³-hybridized carbons (Fsp3) is 0.357. The third kappa shape index (κ3) is 6.35. The Morgan fingerprint density at radius 1 is 0.912 bits per heavy atom. The average molecular weight is 461 g/mol. The Kier molecular flexibility index (Phi) is 8.15.